The molecule has 0 aliphatic carbocycles. The van der Waals surface area contributed by atoms with Gasteiger partial charge in [-0.25, -0.2) is 9.78 Å². The highest BCUT2D eigenvalue weighted by molar-refractivity contribution is 8.00. The van der Waals surface area contributed by atoms with Crippen LogP contribution in [0.25, 0.3) is 0 Å². The Balaban J connectivity index is 1.73. The number of anilines is 1. The number of oxime groups is 1. The highest BCUT2D eigenvalue weighted by Gasteiger charge is 2.57. The minimum absolute atomic E-state index is 0.0398. The summed E-state index contributed by atoms with van der Waals surface area (Å²) >= 11 is 8.10. The highest BCUT2D eigenvalue weighted by Crippen LogP contribution is 2.42. The summed E-state index contributed by atoms with van der Waals surface area (Å²) in [6, 6.07) is -0.938. The largest absolute Gasteiger partial charge is 0.481 e. The Bertz CT molecular complexity index is 1090. The van der Waals surface area contributed by atoms with Crippen molar-refractivity contribution < 1.29 is 38.7 Å². The Morgan fingerprint density at radius 3 is 2.75 bits per heavy atom. The molecular formula is C20H24ClN5O8S2. The predicted octanol–water partition coefficient (Wildman–Crippen LogP) is 0.484. The number of thioether (sulfide) groups is 1. The first-order valence-corrected chi connectivity index (χ1v) is 13.0. The molecule has 3 N–H and O–H groups in total. The monoisotopic (exact) mass is 561 g/mol. The molecule has 0 saturated carbocycles. The van der Waals surface area contributed by atoms with E-state index in [1.807, 2.05) is 0 Å². The standard InChI is InChI=1S/C20H24ClN5O8S2/c1-19(2,3)34-11(28)4-33-25-12(10-5-35-18(23-10)22-9-27)14(29)24-13-15(30)26-7-20(6-21,17(31)32)8-36-16(13)26/h5,9,13,16H,4,6-8H2,1-3H3,(H,24,29)(H,31,32)(H,22,23,27)/t13?,16-,20?/m1/s1. The summed E-state index contributed by atoms with van der Waals surface area (Å²) in [5.41, 5.74) is -2.30. The predicted molar refractivity (Wildman–Crippen MR) is 131 cm³/mol. The molecule has 0 aromatic carbocycles. The lowest BCUT2D eigenvalue weighted by Gasteiger charge is -2.53. The number of carbonyl (C=O) groups excluding carboxylic acids is 4. The second-order valence-corrected chi connectivity index (χ2v) is 11.2. The fraction of sp³-hybridized carbons (Fsp3) is 0.550. The fourth-order valence-corrected chi connectivity index (χ4v) is 5.93. The smallest absolute Gasteiger partial charge is 0.347 e. The van der Waals surface area contributed by atoms with Gasteiger partial charge in [0, 0.05) is 23.6 Å². The number of hydrogen-bond acceptors (Lipinski definition) is 11. The molecule has 1 aromatic heterocycles. The lowest BCUT2D eigenvalue weighted by molar-refractivity contribution is -0.160. The highest BCUT2D eigenvalue weighted by atomic mass is 35.5. The van der Waals surface area contributed by atoms with Crippen molar-refractivity contribution in [2.45, 2.75) is 37.8 Å². The van der Waals surface area contributed by atoms with Gasteiger partial charge in [-0.2, -0.15) is 0 Å². The topological polar surface area (TPSA) is 177 Å². The number of hydrogen-bond donors (Lipinski definition) is 3. The number of ether oxygens (including phenoxy) is 1. The van der Waals surface area contributed by atoms with Gasteiger partial charge in [0.05, 0.1) is 0 Å². The average molecular weight is 562 g/mol. The van der Waals surface area contributed by atoms with E-state index in [1.54, 1.807) is 20.8 Å². The van der Waals surface area contributed by atoms with Crippen LogP contribution < -0.4 is 10.6 Å². The first kappa shape index (κ1) is 27.7. The molecule has 16 heteroatoms. The molecule has 3 rings (SSSR count). The number of amides is 3. The Labute approximate surface area is 218 Å². The Morgan fingerprint density at radius 1 is 1.42 bits per heavy atom. The molecule has 196 valence electrons. The molecule has 36 heavy (non-hydrogen) atoms. The first-order valence-electron chi connectivity index (χ1n) is 10.5. The quantitative estimate of drug-likeness (QED) is 0.0909. The van der Waals surface area contributed by atoms with E-state index in [4.69, 9.17) is 21.2 Å². The molecule has 1 aromatic rings. The zero-order valence-corrected chi connectivity index (χ0v) is 21.9. The van der Waals surface area contributed by atoms with Crippen molar-refractivity contribution in [3.63, 3.8) is 0 Å². The van der Waals surface area contributed by atoms with E-state index in [9.17, 15) is 29.1 Å². The molecule has 0 radical (unpaired) electrons. The SMILES string of the molecule is CC(C)(C)OC(=O)CON=C(C(=O)NC1C(=O)N2CC(CCl)(C(=O)O)CS[C@H]12)c1csc(NC=O)n1. The minimum atomic E-state index is -1.27. The summed E-state index contributed by atoms with van der Waals surface area (Å²) in [4.78, 5) is 70.5. The van der Waals surface area contributed by atoms with Crippen LogP contribution in [0.3, 0.4) is 0 Å². The summed E-state index contributed by atoms with van der Waals surface area (Å²) in [5, 5.41) is 19.3. The zero-order valence-electron chi connectivity index (χ0n) is 19.5. The van der Waals surface area contributed by atoms with E-state index in [0.29, 0.717) is 6.41 Å². The number of fused-ring (bicyclic) bond motifs is 1. The third-order valence-corrected chi connectivity index (χ3v) is 7.92. The fourth-order valence-electron chi connectivity index (χ4n) is 3.33. The molecule has 3 atom stereocenters. The van der Waals surface area contributed by atoms with Crippen molar-refractivity contribution in [2.24, 2.45) is 10.6 Å². The van der Waals surface area contributed by atoms with Gasteiger partial charge in [0.15, 0.2) is 10.8 Å². The third kappa shape index (κ3) is 6.07. The molecule has 2 unspecified atom stereocenters. The summed E-state index contributed by atoms with van der Waals surface area (Å²) in [7, 11) is 0. The number of halogens is 1. The van der Waals surface area contributed by atoms with Crippen molar-refractivity contribution in [1.29, 1.82) is 0 Å². The molecule has 2 aliphatic rings. The van der Waals surface area contributed by atoms with Crippen LogP contribution in [-0.4, -0.2) is 92.7 Å². The normalized spacial score (nSPS) is 23.7. The van der Waals surface area contributed by atoms with E-state index in [2.05, 4.69) is 20.8 Å². The lowest BCUT2D eigenvalue weighted by atomic mass is 9.89. The zero-order chi connectivity index (χ0) is 26.7. The van der Waals surface area contributed by atoms with E-state index in [0.717, 1.165) is 11.3 Å². The van der Waals surface area contributed by atoms with Crippen molar-refractivity contribution >= 4 is 75.7 Å². The number of carboxylic acid groups (broad SMARTS) is 1. The van der Waals surface area contributed by atoms with E-state index >= 15 is 0 Å². The van der Waals surface area contributed by atoms with Crippen LogP contribution in [0.4, 0.5) is 5.13 Å². The number of nitrogens with zero attached hydrogens (tertiary/aromatic N) is 3. The number of thiazole rings is 1. The molecule has 2 saturated heterocycles. The first-order chi connectivity index (χ1) is 16.9. The number of aromatic nitrogens is 1. The van der Waals surface area contributed by atoms with Gasteiger partial charge in [0.1, 0.15) is 28.1 Å². The molecule has 13 nitrogen and oxygen atoms in total. The van der Waals surface area contributed by atoms with Gasteiger partial charge < -0.3 is 30.2 Å². The van der Waals surface area contributed by atoms with Gasteiger partial charge in [0.25, 0.3) is 5.91 Å². The van der Waals surface area contributed by atoms with Crippen molar-refractivity contribution in [3.8, 4) is 0 Å². The number of esters is 1. The number of carboxylic acids is 1. The van der Waals surface area contributed by atoms with Crippen LogP contribution in [0.15, 0.2) is 10.5 Å². The molecule has 2 aliphatic heterocycles. The molecular weight excluding hydrogens is 538 g/mol. The number of nitrogens with one attached hydrogen (secondary N) is 2. The van der Waals surface area contributed by atoms with Gasteiger partial charge in [-0.3, -0.25) is 19.2 Å². The second-order valence-electron chi connectivity index (χ2n) is 8.94. The van der Waals surface area contributed by atoms with E-state index < -0.39 is 52.8 Å². The van der Waals surface area contributed by atoms with Crippen LogP contribution in [-0.2, 0) is 33.5 Å². The van der Waals surface area contributed by atoms with Crippen LogP contribution in [0, 0.1) is 5.41 Å². The average Bonchev–Trinajstić information content (AvgIpc) is 3.26. The number of carbonyl (C=O) groups is 5. The molecule has 0 spiro atoms. The molecule has 2 fully saturated rings. The Morgan fingerprint density at radius 2 is 2.14 bits per heavy atom. The molecule has 3 heterocycles. The Kier molecular flexibility index (Phi) is 8.46. The maximum Gasteiger partial charge on any atom is 0.347 e. The molecule has 3 amide bonds. The van der Waals surface area contributed by atoms with E-state index in [1.165, 1.54) is 22.0 Å². The number of rotatable bonds is 10. The van der Waals surface area contributed by atoms with Crippen LogP contribution in [0.5, 0.6) is 0 Å². The lowest BCUT2D eigenvalue weighted by Crippen LogP contribution is -2.74. The third-order valence-electron chi connectivity index (χ3n) is 5.04. The minimum Gasteiger partial charge on any atom is -0.481 e. The van der Waals surface area contributed by atoms with E-state index in [-0.39, 0.29) is 34.7 Å². The van der Waals surface area contributed by atoms with Gasteiger partial charge in [0.2, 0.25) is 18.9 Å². The van der Waals surface area contributed by atoms with Gasteiger partial charge in [-0.15, -0.1) is 34.7 Å². The molecule has 0 bridgehead atoms. The maximum atomic E-state index is 13.1. The van der Waals surface area contributed by atoms with Crippen molar-refractivity contribution in [1.82, 2.24) is 15.2 Å². The van der Waals surface area contributed by atoms with Crippen LogP contribution in [0.1, 0.15) is 26.5 Å². The summed E-state index contributed by atoms with van der Waals surface area (Å²) < 4.78 is 5.13. The number of β-lactam (4-membered cyclic amide) rings is 1. The summed E-state index contributed by atoms with van der Waals surface area (Å²) in [6.45, 7) is 4.39. The van der Waals surface area contributed by atoms with Gasteiger partial charge in [-0.1, -0.05) is 5.16 Å². The van der Waals surface area contributed by atoms with Crippen molar-refractivity contribution in [3.05, 3.63) is 11.1 Å². The van der Waals surface area contributed by atoms with Gasteiger partial charge in [-0.05, 0) is 20.8 Å². The van der Waals surface area contributed by atoms with Crippen molar-refractivity contribution in [2.75, 3.05) is 30.1 Å². The summed E-state index contributed by atoms with van der Waals surface area (Å²) in [6.07, 6.45) is 0.415. The maximum absolute atomic E-state index is 13.1. The second kappa shape index (κ2) is 11.0. The Hall–Kier alpha value is -2.91. The van der Waals surface area contributed by atoms with Crippen LogP contribution >= 0.6 is 34.7 Å². The summed E-state index contributed by atoms with van der Waals surface area (Å²) in [5.74, 6) is -3.07. The van der Waals surface area contributed by atoms with Gasteiger partial charge >= 0.3 is 11.9 Å². The number of alkyl halides is 1. The number of aliphatic carboxylic acids is 1. The van der Waals surface area contributed by atoms with Crippen LogP contribution in [0.2, 0.25) is 0 Å².